The first kappa shape index (κ1) is 15.8. The van der Waals surface area contributed by atoms with Gasteiger partial charge in [-0.2, -0.15) is 0 Å². The summed E-state index contributed by atoms with van der Waals surface area (Å²) in [6.45, 7) is 2.05. The maximum absolute atomic E-state index is 11.7. The SMILES string of the molecule is CCOC(=O)C1C=C(C=Cc2ccc(OC)cc2)NC(=O)C1. The molecule has 0 saturated heterocycles. The second-order valence-corrected chi connectivity index (χ2v) is 4.84. The van der Waals surface area contributed by atoms with Crippen LogP contribution < -0.4 is 10.1 Å². The molecule has 116 valence electrons. The van der Waals surface area contributed by atoms with Gasteiger partial charge in [0.05, 0.1) is 19.6 Å². The fourth-order valence-corrected chi connectivity index (χ4v) is 2.13. The van der Waals surface area contributed by atoms with E-state index in [4.69, 9.17) is 9.47 Å². The predicted octanol–water partition coefficient (Wildman–Crippen LogP) is 2.29. The Morgan fingerprint density at radius 2 is 2.05 bits per heavy atom. The maximum Gasteiger partial charge on any atom is 0.313 e. The molecule has 0 saturated carbocycles. The molecule has 1 aromatic carbocycles. The molecule has 0 spiro atoms. The van der Waals surface area contributed by atoms with Crippen LogP contribution in [0.3, 0.4) is 0 Å². The molecule has 1 unspecified atom stereocenters. The molecule has 0 fully saturated rings. The first-order chi connectivity index (χ1) is 10.6. The second-order valence-electron chi connectivity index (χ2n) is 4.84. The molecular formula is C17H19NO4. The van der Waals surface area contributed by atoms with Crippen molar-refractivity contribution in [3.05, 3.63) is 47.7 Å². The first-order valence-corrected chi connectivity index (χ1v) is 7.13. The van der Waals surface area contributed by atoms with Crippen molar-refractivity contribution in [2.24, 2.45) is 5.92 Å². The van der Waals surface area contributed by atoms with E-state index in [-0.39, 0.29) is 18.3 Å². The first-order valence-electron chi connectivity index (χ1n) is 7.13. The van der Waals surface area contributed by atoms with E-state index in [1.807, 2.05) is 30.3 Å². The summed E-state index contributed by atoms with van der Waals surface area (Å²) in [5.41, 5.74) is 1.57. The number of carbonyl (C=O) groups is 2. The summed E-state index contributed by atoms with van der Waals surface area (Å²) < 4.78 is 10.1. The van der Waals surface area contributed by atoms with Crippen molar-refractivity contribution in [1.82, 2.24) is 5.32 Å². The molecule has 1 heterocycles. The zero-order valence-corrected chi connectivity index (χ0v) is 12.7. The number of hydrogen-bond acceptors (Lipinski definition) is 4. The molecule has 5 nitrogen and oxygen atoms in total. The summed E-state index contributed by atoms with van der Waals surface area (Å²) in [6, 6.07) is 7.52. The summed E-state index contributed by atoms with van der Waals surface area (Å²) in [4.78, 5) is 23.4. The smallest absolute Gasteiger partial charge is 0.313 e. The van der Waals surface area contributed by atoms with Gasteiger partial charge in [-0.05, 0) is 36.8 Å². The van der Waals surface area contributed by atoms with Crippen LogP contribution in [0.25, 0.3) is 6.08 Å². The molecular weight excluding hydrogens is 282 g/mol. The third kappa shape index (κ3) is 4.22. The van der Waals surface area contributed by atoms with Gasteiger partial charge in [-0.15, -0.1) is 0 Å². The highest BCUT2D eigenvalue weighted by atomic mass is 16.5. The lowest BCUT2D eigenvalue weighted by atomic mass is 9.99. The number of methoxy groups -OCH3 is 1. The maximum atomic E-state index is 11.7. The largest absolute Gasteiger partial charge is 0.497 e. The Morgan fingerprint density at radius 3 is 2.68 bits per heavy atom. The predicted molar refractivity (Wildman–Crippen MR) is 83.0 cm³/mol. The topological polar surface area (TPSA) is 64.6 Å². The van der Waals surface area contributed by atoms with Crippen molar-refractivity contribution >= 4 is 18.0 Å². The Balaban J connectivity index is 2.10. The summed E-state index contributed by atoms with van der Waals surface area (Å²) in [5.74, 6) is -0.295. The fraction of sp³-hybridized carbons (Fsp3) is 0.294. The molecule has 1 amide bonds. The van der Waals surface area contributed by atoms with Crippen LogP contribution in [0.1, 0.15) is 18.9 Å². The molecule has 0 radical (unpaired) electrons. The van der Waals surface area contributed by atoms with Gasteiger partial charge in [0.1, 0.15) is 5.75 Å². The summed E-state index contributed by atoms with van der Waals surface area (Å²) >= 11 is 0. The number of hydrogen-bond donors (Lipinski definition) is 1. The molecule has 2 rings (SSSR count). The van der Waals surface area contributed by atoms with Gasteiger partial charge in [0.2, 0.25) is 5.91 Å². The van der Waals surface area contributed by atoms with Gasteiger partial charge in [0.25, 0.3) is 0 Å². The average Bonchev–Trinajstić information content (AvgIpc) is 2.53. The monoisotopic (exact) mass is 301 g/mol. The third-order valence-electron chi connectivity index (χ3n) is 3.23. The van der Waals surface area contributed by atoms with Gasteiger partial charge in [-0.3, -0.25) is 9.59 Å². The summed E-state index contributed by atoms with van der Waals surface area (Å²) in [7, 11) is 1.61. The minimum absolute atomic E-state index is 0.124. The summed E-state index contributed by atoms with van der Waals surface area (Å²) in [6.07, 6.45) is 5.47. The van der Waals surface area contributed by atoms with Gasteiger partial charge >= 0.3 is 5.97 Å². The van der Waals surface area contributed by atoms with Crippen molar-refractivity contribution in [1.29, 1.82) is 0 Å². The van der Waals surface area contributed by atoms with Crippen molar-refractivity contribution in [2.75, 3.05) is 13.7 Å². The molecule has 1 atom stereocenters. The quantitative estimate of drug-likeness (QED) is 0.848. The van der Waals surface area contributed by atoms with E-state index in [9.17, 15) is 9.59 Å². The molecule has 22 heavy (non-hydrogen) atoms. The number of carbonyl (C=O) groups excluding carboxylic acids is 2. The molecule has 1 aliphatic heterocycles. The normalized spacial score (nSPS) is 17.8. The standard InChI is InChI=1S/C17H19NO4/c1-3-22-17(20)13-10-14(18-16(19)11-13)7-4-12-5-8-15(21-2)9-6-12/h4-10,13H,3,11H2,1-2H3,(H,18,19). The van der Waals surface area contributed by atoms with E-state index in [0.717, 1.165) is 11.3 Å². The highest BCUT2D eigenvalue weighted by Gasteiger charge is 2.25. The minimum Gasteiger partial charge on any atom is -0.497 e. The molecule has 0 aromatic heterocycles. The van der Waals surface area contributed by atoms with Crippen molar-refractivity contribution < 1.29 is 19.1 Å². The van der Waals surface area contributed by atoms with Gasteiger partial charge in [0, 0.05) is 12.1 Å². The zero-order valence-electron chi connectivity index (χ0n) is 12.7. The molecule has 0 bridgehead atoms. The van der Waals surface area contributed by atoms with Crippen molar-refractivity contribution in [3.63, 3.8) is 0 Å². The lowest BCUT2D eigenvalue weighted by molar-refractivity contribution is -0.148. The zero-order chi connectivity index (χ0) is 15.9. The van der Waals surface area contributed by atoms with E-state index >= 15 is 0 Å². The Bertz CT molecular complexity index is 602. The van der Waals surface area contributed by atoms with E-state index in [0.29, 0.717) is 12.3 Å². The van der Waals surface area contributed by atoms with Gasteiger partial charge in [-0.25, -0.2) is 0 Å². The molecule has 0 aliphatic carbocycles. The summed E-state index contributed by atoms with van der Waals surface area (Å²) in [5, 5.41) is 2.74. The number of nitrogens with one attached hydrogen (secondary N) is 1. The Labute approximate surface area is 129 Å². The Kier molecular flexibility index (Phi) is 5.36. The number of esters is 1. The van der Waals surface area contributed by atoms with Crippen LogP contribution >= 0.6 is 0 Å². The van der Waals surface area contributed by atoms with Crippen LogP contribution in [-0.4, -0.2) is 25.6 Å². The third-order valence-corrected chi connectivity index (χ3v) is 3.23. The average molecular weight is 301 g/mol. The number of amides is 1. The van der Waals surface area contributed by atoms with Gasteiger partial charge in [-0.1, -0.05) is 18.2 Å². The second kappa shape index (κ2) is 7.45. The number of ether oxygens (including phenoxy) is 2. The molecule has 1 N–H and O–H groups in total. The number of allylic oxidation sites excluding steroid dienone is 1. The van der Waals surface area contributed by atoms with Crippen LogP contribution in [0.4, 0.5) is 0 Å². The van der Waals surface area contributed by atoms with Gasteiger partial charge in [0.15, 0.2) is 0 Å². The van der Waals surface area contributed by atoms with Crippen LogP contribution in [0.2, 0.25) is 0 Å². The number of benzene rings is 1. The van der Waals surface area contributed by atoms with E-state index in [1.165, 1.54) is 0 Å². The highest BCUT2D eigenvalue weighted by molar-refractivity contribution is 5.87. The van der Waals surface area contributed by atoms with Crippen molar-refractivity contribution in [3.8, 4) is 5.75 Å². The Morgan fingerprint density at radius 1 is 1.32 bits per heavy atom. The van der Waals surface area contributed by atoms with E-state index < -0.39 is 5.92 Å². The van der Waals surface area contributed by atoms with Crippen LogP contribution in [0, 0.1) is 5.92 Å². The lowest BCUT2D eigenvalue weighted by Crippen LogP contribution is -2.32. The molecule has 1 aromatic rings. The van der Waals surface area contributed by atoms with Crippen LogP contribution in [0.15, 0.2) is 42.1 Å². The molecule has 1 aliphatic rings. The van der Waals surface area contributed by atoms with Crippen LogP contribution in [0.5, 0.6) is 5.75 Å². The number of rotatable bonds is 5. The Hall–Kier alpha value is -2.56. The highest BCUT2D eigenvalue weighted by Crippen LogP contribution is 2.18. The van der Waals surface area contributed by atoms with Gasteiger partial charge < -0.3 is 14.8 Å². The van der Waals surface area contributed by atoms with Crippen LogP contribution in [-0.2, 0) is 14.3 Å². The molecule has 5 heteroatoms. The minimum atomic E-state index is -0.524. The lowest BCUT2D eigenvalue weighted by Gasteiger charge is -2.18. The van der Waals surface area contributed by atoms with E-state index in [2.05, 4.69) is 5.32 Å². The van der Waals surface area contributed by atoms with Crippen molar-refractivity contribution in [2.45, 2.75) is 13.3 Å². The van der Waals surface area contributed by atoms with E-state index in [1.54, 1.807) is 26.2 Å². The fourth-order valence-electron chi connectivity index (χ4n) is 2.13.